The van der Waals surface area contributed by atoms with E-state index in [9.17, 15) is 0 Å². The summed E-state index contributed by atoms with van der Waals surface area (Å²) in [5.74, 6) is 0. The second-order valence-electron chi connectivity index (χ2n) is 4.00. The molecule has 0 aliphatic carbocycles. The number of benzene rings is 1. The molecule has 1 atom stereocenters. The van der Waals surface area contributed by atoms with Crippen LogP contribution in [0.2, 0.25) is 0 Å². The molecule has 0 spiro atoms. The molecule has 0 saturated heterocycles. The summed E-state index contributed by atoms with van der Waals surface area (Å²) in [7, 11) is 0. The van der Waals surface area contributed by atoms with E-state index in [0.29, 0.717) is 0 Å². The van der Waals surface area contributed by atoms with E-state index in [0.717, 1.165) is 0 Å². The van der Waals surface area contributed by atoms with Crippen LogP contribution in [0.1, 0.15) is 18.7 Å². The van der Waals surface area contributed by atoms with Crippen LogP contribution in [-0.2, 0) is 0 Å². The van der Waals surface area contributed by atoms with Crippen LogP contribution in [0.25, 0.3) is 10.9 Å². The molecule has 16 heavy (non-hydrogen) atoms. The van der Waals surface area contributed by atoms with Gasteiger partial charge in [-0.2, -0.15) is 0 Å². The maximum absolute atomic E-state index is 4.07. The minimum absolute atomic E-state index is 0.287. The first kappa shape index (κ1) is 9.21. The number of hydrogen-bond acceptors (Lipinski definition) is 1. The van der Waals surface area contributed by atoms with Gasteiger partial charge in [-0.3, -0.25) is 0 Å². The predicted molar refractivity (Wildman–Crippen MR) is 64.3 cm³/mol. The quantitative estimate of drug-likeness (QED) is 0.694. The van der Waals surface area contributed by atoms with E-state index in [1.54, 1.807) is 6.20 Å². The minimum atomic E-state index is 0.287. The molecule has 0 aliphatic heterocycles. The summed E-state index contributed by atoms with van der Waals surface area (Å²) >= 11 is 0. The summed E-state index contributed by atoms with van der Waals surface area (Å²) in [6.45, 7) is 2.16. The Morgan fingerprint density at radius 1 is 1.31 bits per heavy atom. The summed E-state index contributed by atoms with van der Waals surface area (Å²) in [6.07, 6.45) is 5.63. The van der Waals surface area contributed by atoms with Gasteiger partial charge >= 0.3 is 0 Å². The van der Waals surface area contributed by atoms with Crippen molar-refractivity contribution < 1.29 is 0 Å². The van der Waals surface area contributed by atoms with Gasteiger partial charge in [-0.25, -0.2) is 4.98 Å². The Hall–Kier alpha value is -2.03. The third-order valence-electron chi connectivity index (χ3n) is 2.97. The summed E-state index contributed by atoms with van der Waals surface area (Å²) in [6, 6.07) is 10.8. The van der Waals surface area contributed by atoms with Crippen molar-refractivity contribution in [2.24, 2.45) is 0 Å². The average Bonchev–Trinajstić information content (AvgIpc) is 2.97. The molecule has 2 heterocycles. The zero-order valence-electron chi connectivity index (χ0n) is 9.09. The first-order chi connectivity index (χ1) is 7.84. The number of aromatic nitrogens is 3. The van der Waals surface area contributed by atoms with Crippen LogP contribution in [-0.4, -0.2) is 14.5 Å². The molecule has 2 aromatic heterocycles. The van der Waals surface area contributed by atoms with Gasteiger partial charge in [-0.15, -0.1) is 0 Å². The zero-order valence-corrected chi connectivity index (χ0v) is 9.09. The summed E-state index contributed by atoms with van der Waals surface area (Å²) in [5, 5.41) is 1.25. The van der Waals surface area contributed by atoms with E-state index < -0.39 is 0 Å². The fourth-order valence-corrected chi connectivity index (χ4v) is 1.98. The number of para-hydroxylation sites is 1. The van der Waals surface area contributed by atoms with Crippen molar-refractivity contribution in [3.63, 3.8) is 0 Å². The third-order valence-corrected chi connectivity index (χ3v) is 2.97. The second kappa shape index (κ2) is 3.52. The first-order valence-electron chi connectivity index (χ1n) is 5.40. The number of aromatic amines is 1. The third kappa shape index (κ3) is 1.41. The Morgan fingerprint density at radius 2 is 2.19 bits per heavy atom. The highest BCUT2D eigenvalue weighted by Gasteiger charge is 2.09. The van der Waals surface area contributed by atoms with E-state index in [1.165, 1.54) is 16.6 Å². The van der Waals surface area contributed by atoms with E-state index in [2.05, 4.69) is 45.7 Å². The maximum Gasteiger partial charge on any atom is 0.0952 e. The summed E-state index contributed by atoms with van der Waals surface area (Å²) in [4.78, 5) is 7.51. The highest BCUT2D eigenvalue weighted by Crippen LogP contribution is 2.22. The van der Waals surface area contributed by atoms with Gasteiger partial charge in [0.25, 0.3) is 0 Å². The van der Waals surface area contributed by atoms with Crippen LogP contribution in [0, 0.1) is 0 Å². The highest BCUT2D eigenvalue weighted by atomic mass is 15.1. The van der Waals surface area contributed by atoms with Gasteiger partial charge in [-0.1, -0.05) is 18.2 Å². The van der Waals surface area contributed by atoms with Crippen molar-refractivity contribution in [2.45, 2.75) is 13.0 Å². The summed E-state index contributed by atoms with van der Waals surface area (Å²) < 4.78 is 2.09. The molecule has 3 nitrogen and oxygen atoms in total. The van der Waals surface area contributed by atoms with Crippen LogP contribution >= 0.6 is 0 Å². The van der Waals surface area contributed by atoms with Crippen LogP contribution in [0.3, 0.4) is 0 Å². The van der Waals surface area contributed by atoms with Crippen molar-refractivity contribution in [2.75, 3.05) is 0 Å². The van der Waals surface area contributed by atoms with Gasteiger partial charge in [0.05, 0.1) is 12.4 Å². The molecule has 1 aromatic carbocycles. The van der Waals surface area contributed by atoms with Crippen molar-refractivity contribution >= 4 is 10.9 Å². The lowest BCUT2D eigenvalue weighted by Crippen LogP contribution is -2.04. The average molecular weight is 211 g/mol. The Balaban J connectivity index is 2.06. The van der Waals surface area contributed by atoms with Gasteiger partial charge in [0.1, 0.15) is 0 Å². The fraction of sp³-hybridized carbons (Fsp3) is 0.154. The Labute approximate surface area is 93.7 Å². The van der Waals surface area contributed by atoms with Crippen molar-refractivity contribution in [1.82, 2.24) is 14.5 Å². The highest BCUT2D eigenvalue weighted by molar-refractivity contribution is 5.80. The lowest BCUT2D eigenvalue weighted by atomic mass is 10.2. The van der Waals surface area contributed by atoms with E-state index in [4.69, 9.17) is 0 Å². The SMILES string of the molecule is CC(c1cc2ccccc2[nH]1)n1ccnc1. The van der Waals surface area contributed by atoms with Crippen LogP contribution in [0.5, 0.6) is 0 Å². The lowest BCUT2D eigenvalue weighted by Gasteiger charge is -2.10. The number of fused-ring (bicyclic) bond motifs is 1. The minimum Gasteiger partial charge on any atom is -0.357 e. The number of nitrogens with one attached hydrogen (secondary N) is 1. The Morgan fingerprint density at radius 3 is 2.94 bits per heavy atom. The lowest BCUT2D eigenvalue weighted by molar-refractivity contribution is 0.625. The first-order valence-corrected chi connectivity index (χ1v) is 5.40. The van der Waals surface area contributed by atoms with Gasteiger partial charge in [0.2, 0.25) is 0 Å². The fourth-order valence-electron chi connectivity index (χ4n) is 1.98. The number of imidazole rings is 1. The number of H-pyrrole nitrogens is 1. The van der Waals surface area contributed by atoms with E-state index >= 15 is 0 Å². The molecule has 1 unspecified atom stereocenters. The zero-order chi connectivity index (χ0) is 11.0. The van der Waals surface area contributed by atoms with Crippen LogP contribution < -0.4 is 0 Å². The van der Waals surface area contributed by atoms with Gasteiger partial charge < -0.3 is 9.55 Å². The van der Waals surface area contributed by atoms with Gasteiger partial charge in [-0.05, 0) is 24.4 Å². The van der Waals surface area contributed by atoms with Gasteiger partial charge in [0, 0.05) is 23.6 Å². The van der Waals surface area contributed by atoms with Crippen LogP contribution in [0.15, 0.2) is 49.1 Å². The maximum atomic E-state index is 4.07. The molecule has 0 fully saturated rings. The standard InChI is InChI=1S/C13H13N3/c1-10(16-7-6-14-9-16)13-8-11-4-2-3-5-12(11)15-13/h2-10,15H,1H3. The molecule has 3 rings (SSSR count). The van der Waals surface area contributed by atoms with Crippen molar-refractivity contribution in [3.8, 4) is 0 Å². The molecular formula is C13H13N3. The molecule has 0 saturated carbocycles. The molecule has 0 amide bonds. The molecule has 3 heteroatoms. The second-order valence-corrected chi connectivity index (χ2v) is 4.00. The molecule has 80 valence electrons. The molecule has 1 N–H and O–H groups in total. The van der Waals surface area contributed by atoms with E-state index in [-0.39, 0.29) is 6.04 Å². The topological polar surface area (TPSA) is 33.6 Å². The Kier molecular flexibility index (Phi) is 2.03. The predicted octanol–water partition coefficient (Wildman–Crippen LogP) is 2.97. The smallest absolute Gasteiger partial charge is 0.0952 e. The Bertz CT molecular complexity index is 559. The molecule has 0 radical (unpaired) electrons. The normalized spacial score (nSPS) is 13.1. The molecular weight excluding hydrogens is 198 g/mol. The summed E-state index contributed by atoms with van der Waals surface area (Å²) in [5.41, 5.74) is 2.39. The van der Waals surface area contributed by atoms with Crippen molar-refractivity contribution in [3.05, 3.63) is 54.7 Å². The van der Waals surface area contributed by atoms with Crippen molar-refractivity contribution in [1.29, 1.82) is 0 Å². The number of rotatable bonds is 2. The monoisotopic (exact) mass is 211 g/mol. The molecule has 0 aliphatic rings. The van der Waals surface area contributed by atoms with Crippen LogP contribution in [0.4, 0.5) is 0 Å². The van der Waals surface area contributed by atoms with Gasteiger partial charge in [0.15, 0.2) is 0 Å². The number of nitrogens with zero attached hydrogens (tertiary/aromatic N) is 2. The molecule has 3 aromatic rings. The largest absolute Gasteiger partial charge is 0.357 e. The molecule has 0 bridgehead atoms. The van der Waals surface area contributed by atoms with E-state index in [1.807, 2.05) is 18.6 Å². The number of hydrogen-bond donors (Lipinski definition) is 1.